The van der Waals surface area contributed by atoms with E-state index in [2.05, 4.69) is 26.1 Å². The number of aromatic amines is 1. The second-order valence-electron chi connectivity index (χ2n) is 3.28. The van der Waals surface area contributed by atoms with Crippen LogP contribution < -0.4 is 5.56 Å². The summed E-state index contributed by atoms with van der Waals surface area (Å²) in [7, 11) is 1.58. The molecule has 1 heterocycles. The molecule has 0 aliphatic rings. The maximum Gasteiger partial charge on any atom is 0.274 e. The number of rotatable bonds is 6. The molecule has 17 heavy (non-hydrogen) atoms. The highest BCUT2D eigenvalue weighted by atomic mass is 79.9. The number of carbonyl (C=O) groups is 1. The van der Waals surface area contributed by atoms with E-state index in [0.29, 0.717) is 25.0 Å². The molecule has 0 atom stereocenters. The topological polar surface area (TPSA) is 75.3 Å². The lowest BCUT2D eigenvalue weighted by Crippen LogP contribution is -2.36. The van der Waals surface area contributed by atoms with E-state index in [0.717, 1.165) is 0 Å². The van der Waals surface area contributed by atoms with Crippen LogP contribution in [0.3, 0.4) is 0 Å². The van der Waals surface area contributed by atoms with E-state index in [1.54, 1.807) is 12.0 Å². The van der Waals surface area contributed by atoms with Crippen LogP contribution in [0, 0.1) is 0 Å². The maximum absolute atomic E-state index is 12.0. The Morgan fingerprint density at radius 3 is 2.82 bits per heavy atom. The molecule has 94 valence electrons. The highest BCUT2D eigenvalue weighted by Crippen LogP contribution is 2.00. The average molecular weight is 304 g/mol. The minimum absolute atomic E-state index is 0.224. The molecule has 0 bridgehead atoms. The average Bonchev–Trinajstić information content (AvgIpc) is 2.34. The Kier molecular flexibility index (Phi) is 5.85. The van der Waals surface area contributed by atoms with Gasteiger partial charge in [0.15, 0.2) is 0 Å². The molecule has 0 aromatic carbocycles. The lowest BCUT2D eigenvalue weighted by atomic mass is 10.3. The number of nitrogens with one attached hydrogen (secondary N) is 1. The lowest BCUT2D eigenvalue weighted by molar-refractivity contribution is 0.0702. The van der Waals surface area contributed by atoms with Gasteiger partial charge in [0.1, 0.15) is 5.69 Å². The van der Waals surface area contributed by atoms with E-state index in [4.69, 9.17) is 4.74 Å². The van der Waals surface area contributed by atoms with E-state index in [9.17, 15) is 9.59 Å². The Morgan fingerprint density at radius 1 is 1.53 bits per heavy atom. The summed E-state index contributed by atoms with van der Waals surface area (Å²) in [6.45, 7) is 1.51. The van der Waals surface area contributed by atoms with Gasteiger partial charge in [-0.15, -0.1) is 0 Å². The number of carbonyl (C=O) groups excluding carboxylic acids is 1. The van der Waals surface area contributed by atoms with Crippen LogP contribution in [0.25, 0.3) is 0 Å². The number of hydrogen-bond donors (Lipinski definition) is 1. The van der Waals surface area contributed by atoms with Crippen LogP contribution in [-0.2, 0) is 4.74 Å². The van der Waals surface area contributed by atoms with Crippen molar-refractivity contribution in [1.29, 1.82) is 0 Å². The van der Waals surface area contributed by atoms with Crippen molar-refractivity contribution in [1.82, 2.24) is 15.1 Å². The molecule has 0 aliphatic heterocycles. The van der Waals surface area contributed by atoms with Crippen LogP contribution >= 0.6 is 15.9 Å². The highest BCUT2D eigenvalue weighted by Gasteiger charge is 2.16. The summed E-state index contributed by atoms with van der Waals surface area (Å²) in [4.78, 5) is 24.5. The van der Waals surface area contributed by atoms with Gasteiger partial charge in [-0.05, 0) is 6.07 Å². The summed E-state index contributed by atoms with van der Waals surface area (Å²) in [5, 5.41) is 6.61. The summed E-state index contributed by atoms with van der Waals surface area (Å²) in [6.07, 6.45) is 0. The zero-order valence-electron chi connectivity index (χ0n) is 9.48. The fourth-order valence-electron chi connectivity index (χ4n) is 1.24. The van der Waals surface area contributed by atoms with Gasteiger partial charge < -0.3 is 9.64 Å². The van der Waals surface area contributed by atoms with Crippen LogP contribution in [0.1, 0.15) is 10.5 Å². The van der Waals surface area contributed by atoms with E-state index in [1.807, 2.05) is 0 Å². The number of ether oxygens (including phenoxy) is 1. The molecule has 1 aromatic heterocycles. The van der Waals surface area contributed by atoms with Gasteiger partial charge in [-0.2, -0.15) is 5.10 Å². The fourth-order valence-corrected chi connectivity index (χ4v) is 1.67. The van der Waals surface area contributed by atoms with E-state index >= 15 is 0 Å². The van der Waals surface area contributed by atoms with Gasteiger partial charge in [0.05, 0.1) is 6.61 Å². The molecule has 0 unspecified atom stereocenters. The minimum atomic E-state index is -0.328. The third-order valence-electron chi connectivity index (χ3n) is 2.11. The van der Waals surface area contributed by atoms with Crippen molar-refractivity contribution < 1.29 is 9.53 Å². The Hall–Kier alpha value is -1.21. The number of halogens is 1. The SMILES string of the molecule is COCCN(CCBr)C(=O)c1ccc(=O)[nH]n1. The first-order valence-corrected chi connectivity index (χ1v) is 6.21. The van der Waals surface area contributed by atoms with Crippen molar-refractivity contribution in [3.8, 4) is 0 Å². The predicted octanol–water partition coefficient (Wildman–Crippen LogP) is 0.253. The molecule has 1 amide bonds. The number of hydrogen-bond acceptors (Lipinski definition) is 4. The molecule has 0 radical (unpaired) electrons. The largest absolute Gasteiger partial charge is 0.383 e. The summed E-state index contributed by atoms with van der Waals surface area (Å²) >= 11 is 3.28. The van der Waals surface area contributed by atoms with Crippen molar-refractivity contribution in [2.24, 2.45) is 0 Å². The number of aromatic nitrogens is 2. The van der Waals surface area contributed by atoms with Gasteiger partial charge in [0.2, 0.25) is 0 Å². The standard InChI is InChI=1S/C10H14BrN3O3/c1-17-7-6-14(5-4-11)10(16)8-2-3-9(15)13-12-8/h2-3H,4-7H2,1H3,(H,13,15). The van der Waals surface area contributed by atoms with E-state index in [1.165, 1.54) is 12.1 Å². The number of alkyl halides is 1. The quantitative estimate of drug-likeness (QED) is 0.765. The Balaban J connectivity index is 2.75. The number of H-pyrrole nitrogens is 1. The zero-order chi connectivity index (χ0) is 12.7. The fraction of sp³-hybridized carbons (Fsp3) is 0.500. The molecule has 0 aliphatic carbocycles. The molecule has 0 spiro atoms. The number of methoxy groups -OCH3 is 1. The molecular formula is C10H14BrN3O3. The highest BCUT2D eigenvalue weighted by molar-refractivity contribution is 9.09. The van der Waals surface area contributed by atoms with E-state index < -0.39 is 0 Å². The van der Waals surface area contributed by atoms with E-state index in [-0.39, 0.29) is 17.2 Å². The van der Waals surface area contributed by atoms with Crippen LogP contribution in [0.2, 0.25) is 0 Å². The second kappa shape index (κ2) is 7.18. The van der Waals surface area contributed by atoms with Gasteiger partial charge in [-0.1, -0.05) is 15.9 Å². The molecule has 0 fully saturated rings. The van der Waals surface area contributed by atoms with Crippen molar-refractivity contribution >= 4 is 21.8 Å². The maximum atomic E-state index is 12.0. The first kappa shape index (κ1) is 13.9. The van der Waals surface area contributed by atoms with Gasteiger partial charge in [-0.25, -0.2) is 5.10 Å². The lowest BCUT2D eigenvalue weighted by Gasteiger charge is -2.20. The van der Waals surface area contributed by atoms with Crippen molar-refractivity contribution in [2.75, 3.05) is 32.1 Å². The molecule has 1 rings (SSSR count). The molecule has 1 N–H and O–H groups in total. The molecule has 7 heteroatoms. The van der Waals surface area contributed by atoms with Gasteiger partial charge in [0, 0.05) is 31.6 Å². The summed E-state index contributed by atoms with van der Waals surface area (Å²) in [5.41, 5.74) is -0.105. The zero-order valence-corrected chi connectivity index (χ0v) is 11.1. The monoisotopic (exact) mass is 303 g/mol. The van der Waals surface area contributed by atoms with Crippen LogP contribution in [0.4, 0.5) is 0 Å². The van der Waals surface area contributed by atoms with Crippen molar-refractivity contribution in [2.45, 2.75) is 0 Å². The number of amides is 1. The number of nitrogens with zero attached hydrogens (tertiary/aromatic N) is 2. The third-order valence-corrected chi connectivity index (χ3v) is 2.46. The summed E-state index contributed by atoms with van der Waals surface area (Å²) in [5.74, 6) is -0.224. The second-order valence-corrected chi connectivity index (χ2v) is 4.07. The minimum Gasteiger partial charge on any atom is -0.383 e. The first-order valence-electron chi connectivity index (χ1n) is 5.09. The van der Waals surface area contributed by atoms with Crippen molar-refractivity contribution in [3.05, 3.63) is 28.2 Å². The van der Waals surface area contributed by atoms with Crippen LogP contribution in [0.15, 0.2) is 16.9 Å². The predicted molar refractivity (Wildman–Crippen MR) is 66.4 cm³/mol. The molecule has 0 saturated heterocycles. The van der Waals surface area contributed by atoms with Gasteiger partial charge >= 0.3 is 0 Å². The van der Waals surface area contributed by atoms with Gasteiger partial charge in [0.25, 0.3) is 11.5 Å². The normalized spacial score (nSPS) is 10.2. The summed E-state index contributed by atoms with van der Waals surface area (Å²) < 4.78 is 4.94. The van der Waals surface area contributed by atoms with Crippen molar-refractivity contribution in [3.63, 3.8) is 0 Å². The summed E-state index contributed by atoms with van der Waals surface area (Å²) in [6, 6.07) is 2.69. The first-order chi connectivity index (χ1) is 8.19. The Morgan fingerprint density at radius 2 is 2.29 bits per heavy atom. The third kappa shape index (κ3) is 4.27. The van der Waals surface area contributed by atoms with Gasteiger partial charge in [-0.3, -0.25) is 9.59 Å². The molecule has 1 aromatic rings. The molecular weight excluding hydrogens is 290 g/mol. The molecule has 0 saturated carbocycles. The van der Waals surface area contributed by atoms with Crippen LogP contribution in [-0.4, -0.2) is 53.1 Å². The Bertz CT molecular complexity index is 401. The smallest absolute Gasteiger partial charge is 0.274 e. The Labute approximate surface area is 107 Å². The molecule has 6 nitrogen and oxygen atoms in total. The van der Waals surface area contributed by atoms with Crippen LogP contribution in [0.5, 0.6) is 0 Å².